The molecule has 1 aromatic heterocycles. The number of hydrogen-bond donors (Lipinski definition) is 2. The van der Waals surface area contributed by atoms with Gasteiger partial charge in [-0.15, -0.1) is 10.2 Å². The summed E-state index contributed by atoms with van der Waals surface area (Å²) in [5.74, 6) is 1.46. The molecule has 0 bridgehead atoms. The van der Waals surface area contributed by atoms with Crippen molar-refractivity contribution in [1.29, 1.82) is 0 Å². The lowest BCUT2D eigenvalue weighted by molar-refractivity contribution is 0.102. The maximum atomic E-state index is 12.5. The third-order valence-electron chi connectivity index (χ3n) is 3.43. The van der Waals surface area contributed by atoms with Gasteiger partial charge in [-0.2, -0.15) is 0 Å². The highest BCUT2D eigenvalue weighted by atomic mass is 16.5. The average molecular weight is 345 g/mol. The van der Waals surface area contributed by atoms with E-state index < -0.39 is 0 Å². The fourth-order valence-corrected chi connectivity index (χ4v) is 2.15. The maximum absolute atomic E-state index is 12.5. The summed E-state index contributed by atoms with van der Waals surface area (Å²) in [6.45, 7) is 1.64. The van der Waals surface area contributed by atoms with Gasteiger partial charge in [0.2, 0.25) is 0 Å². The topological polar surface area (TPSA) is 88.6 Å². The summed E-state index contributed by atoms with van der Waals surface area (Å²) >= 11 is 0. The molecule has 0 aliphatic heterocycles. The quantitative estimate of drug-likeness (QED) is 0.753. The number of likely N-dealkylation sites (N-methyl/N-ethyl adjacent to an activating group) is 1. The van der Waals surface area contributed by atoms with Gasteiger partial charge in [0.1, 0.15) is 22.9 Å². The molecule has 2 aromatic rings. The zero-order valence-corrected chi connectivity index (χ0v) is 14.9. The van der Waals surface area contributed by atoms with Crippen LogP contribution in [0.1, 0.15) is 10.4 Å². The van der Waals surface area contributed by atoms with Crippen LogP contribution >= 0.6 is 0 Å². The molecule has 1 heterocycles. The molecule has 2 rings (SSSR count). The highest BCUT2D eigenvalue weighted by Gasteiger charge is 2.18. The van der Waals surface area contributed by atoms with Crippen molar-refractivity contribution < 1.29 is 14.3 Å². The molecule has 2 N–H and O–H groups in total. The molecule has 0 atom stereocenters. The summed E-state index contributed by atoms with van der Waals surface area (Å²) in [7, 11) is 7.00. The van der Waals surface area contributed by atoms with Crippen LogP contribution in [0.5, 0.6) is 11.5 Å². The van der Waals surface area contributed by atoms with E-state index in [1.165, 1.54) is 14.2 Å². The van der Waals surface area contributed by atoms with Gasteiger partial charge in [-0.25, -0.2) is 0 Å². The summed E-state index contributed by atoms with van der Waals surface area (Å²) in [6, 6.07) is 8.59. The standard InChI is InChI=1S/C17H23N5O3/c1-22(2)11-10-18-14-8-9-15(21-20-14)19-17(23)16-12(24-3)6-5-7-13(16)25-4/h5-9H,10-11H2,1-4H3,(H,18,20)(H,19,21,23). The Labute approximate surface area is 147 Å². The normalized spacial score (nSPS) is 10.4. The van der Waals surface area contributed by atoms with Crippen LogP contribution in [0.25, 0.3) is 0 Å². The first-order chi connectivity index (χ1) is 12.0. The maximum Gasteiger partial charge on any atom is 0.264 e. The van der Waals surface area contributed by atoms with Crippen molar-refractivity contribution in [3.63, 3.8) is 0 Å². The van der Waals surface area contributed by atoms with E-state index in [1.54, 1.807) is 30.3 Å². The Balaban J connectivity index is 2.06. The second kappa shape index (κ2) is 8.84. The third kappa shape index (κ3) is 5.05. The SMILES string of the molecule is COc1cccc(OC)c1C(=O)Nc1ccc(NCCN(C)C)nn1. The molecule has 0 aliphatic carbocycles. The number of nitrogens with zero attached hydrogens (tertiary/aromatic N) is 3. The van der Waals surface area contributed by atoms with Crippen molar-refractivity contribution in [2.75, 3.05) is 52.0 Å². The first-order valence-corrected chi connectivity index (χ1v) is 7.79. The van der Waals surface area contributed by atoms with Gasteiger partial charge in [0.05, 0.1) is 14.2 Å². The third-order valence-corrected chi connectivity index (χ3v) is 3.43. The second-order valence-electron chi connectivity index (χ2n) is 5.53. The average Bonchev–Trinajstić information content (AvgIpc) is 2.62. The Morgan fingerprint density at radius 1 is 1.04 bits per heavy atom. The van der Waals surface area contributed by atoms with Gasteiger partial charge in [-0.05, 0) is 38.4 Å². The van der Waals surface area contributed by atoms with Crippen molar-refractivity contribution in [3.8, 4) is 11.5 Å². The monoisotopic (exact) mass is 345 g/mol. The molecular weight excluding hydrogens is 322 g/mol. The number of carbonyl (C=O) groups excluding carboxylic acids is 1. The molecule has 1 aromatic carbocycles. The lowest BCUT2D eigenvalue weighted by atomic mass is 10.1. The summed E-state index contributed by atoms with van der Waals surface area (Å²) in [6.07, 6.45) is 0. The predicted molar refractivity (Wildman–Crippen MR) is 96.6 cm³/mol. The first-order valence-electron chi connectivity index (χ1n) is 7.79. The summed E-state index contributed by atoms with van der Waals surface area (Å²) in [5, 5.41) is 13.9. The van der Waals surface area contributed by atoms with Crippen molar-refractivity contribution >= 4 is 17.5 Å². The fraction of sp³-hybridized carbons (Fsp3) is 0.353. The van der Waals surface area contributed by atoms with Gasteiger partial charge in [0.25, 0.3) is 5.91 Å². The Morgan fingerprint density at radius 2 is 1.64 bits per heavy atom. The van der Waals surface area contributed by atoms with Crippen LogP contribution in [0.2, 0.25) is 0 Å². The van der Waals surface area contributed by atoms with Crippen molar-refractivity contribution in [3.05, 3.63) is 35.9 Å². The molecule has 8 nitrogen and oxygen atoms in total. The van der Waals surface area contributed by atoms with E-state index in [-0.39, 0.29) is 5.91 Å². The molecule has 1 amide bonds. The molecule has 0 fully saturated rings. The number of methoxy groups -OCH3 is 2. The number of amides is 1. The highest BCUT2D eigenvalue weighted by Crippen LogP contribution is 2.28. The zero-order valence-electron chi connectivity index (χ0n) is 14.9. The second-order valence-corrected chi connectivity index (χ2v) is 5.53. The van der Waals surface area contributed by atoms with E-state index >= 15 is 0 Å². The Bertz CT molecular complexity index is 682. The van der Waals surface area contributed by atoms with E-state index in [1.807, 2.05) is 14.1 Å². The molecule has 8 heteroatoms. The Morgan fingerprint density at radius 3 is 2.16 bits per heavy atom. The molecule has 0 spiro atoms. The zero-order chi connectivity index (χ0) is 18.2. The summed E-state index contributed by atoms with van der Waals surface area (Å²) < 4.78 is 10.5. The first kappa shape index (κ1) is 18.5. The van der Waals surface area contributed by atoms with Crippen LogP contribution < -0.4 is 20.1 Å². The van der Waals surface area contributed by atoms with Gasteiger partial charge in [0.15, 0.2) is 5.82 Å². The molecule has 0 saturated carbocycles. The Kier molecular flexibility index (Phi) is 6.53. The van der Waals surface area contributed by atoms with E-state index in [9.17, 15) is 4.79 Å². The van der Waals surface area contributed by atoms with Crippen molar-refractivity contribution in [1.82, 2.24) is 15.1 Å². The van der Waals surface area contributed by atoms with E-state index in [2.05, 4.69) is 25.7 Å². The smallest absolute Gasteiger partial charge is 0.264 e. The lowest BCUT2D eigenvalue weighted by Gasteiger charge is -2.13. The number of anilines is 2. The van der Waals surface area contributed by atoms with E-state index in [0.29, 0.717) is 28.7 Å². The minimum absolute atomic E-state index is 0.308. The van der Waals surface area contributed by atoms with Gasteiger partial charge >= 0.3 is 0 Å². The number of carbonyl (C=O) groups is 1. The number of ether oxygens (including phenoxy) is 2. The summed E-state index contributed by atoms with van der Waals surface area (Å²) in [5.41, 5.74) is 0.308. The fourth-order valence-electron chi connectivity index (χ4n) is 2.15. The van der Waals surface area contributed by atoms with Gasteiger partial charge in [-0.3, -0.25) is 4.79 Å². The van der Waals surface area contributed by atoms with Crippen LogP contribution in [0, 0.1) is 0 Å². The molecular formula is C17H23N5O3. The van der Waals surface area contributed by atoms with Gasteiger partial charge in [0, 0.05) is 13.1 Å². The number of rotatable bonds is 8. The molecule has 0 unspecified atom stereocenters. The number of nitrogens with one attached hydrogen (secondary N) is 2. The molecule has 25 heavy (non-hydrogen) atoms. The van der Waals surface area contributed by atoms with E-state index in [0.717, 1.165) is 13.1 Å². The van der Waals surface area contributed by atoms with Crippen molar-refractivity contribution in [2.24, 2.45) is 0 Å². The molecule has 0 saturated heterocycles. The van der Waals surface area contributed by atoms with E-state index in [4.69, 9.17) is 9.47 Å². The largest absolute Gasteiger partial charge is 0.496 e. The van der Waals surface area contributed by atoms with Crippen LogP contribution in [0.3, 0.4) is 0 Å². The minimum atomic E-state index is -0.378. The Hall–Kier alpha value is -2.87. The molecule has 134 valence electrons. The molecule has 0 aliphatic rings. The predicted octanol–water partition coefficient (Wildman–Crippen LogP) is 1.72. The number of aromatic nitrogens is 2. The van der Waals surface area contributed by atoms with Crippen LogP contribution in [0.15, 0.2) is 30.3 Å². The minimum Gasteiger partial charge on any atom is -0.496 e. The highest BCUT2D eigenvalue weighted by molar-refractivity contribution is 6.07. The number of hydrogen-bond acceptors (Lipinski definition) is 7. The van der Waals surface area contributed by atoms with Crippen LogP contribution in [0.4, 0.5) is 11.6 Å². The van der Waals surface area contributed by atoms with Crippen LogP contribution in [-0.4, -0.2) is 62.4 Å². The van der Waals surface area contributed by atoms with Gasteiger partial charge < -0.3 is 25.0 Å². The molecule has 0 radical (unpaired) electrons. The van der Waals surface area contributed by atoms with Crippen molar-refractivity contribution in [2.45, 2.75) is 0 Å². The van der Waals surface area contributed by atoms with Gasteiger partial charge in [-0.1, -0.05) is 6.07 Å². The summed E-state index contributed by atoms with van der Waals surface area (Å²) in [4.78, 5) is 14.6. The number of benzene rings is 1. The lowest BCUT2D eigenvalue weighted by Crippen LogP contribution is -2.21. The van der Waals surface area contributed by atoms with Crippen LogP contribution in [-0.2, 0) is 0 Å².